The monoisotopic (exact) mass is 618 g/mol. The second-order valence-electron chi connectivity index (χ2n) is 13.4. The van der Waals surface area contributed by atoms with Gasteiger partial charge < -0.3 is 0 Å². The molecule has 2 aliphatic carbocycles. The average molecular weight is 620 g/mol. The maximum absolute atomic E-state index is 2.79. The standard InChI is InChI=1S/C21H25.C9H7S.C8H8.Zr/c1-20(2,3)16-7-9-18-14(12-16)11-15-13-17(21(4,5)6)8-10-19(15)18;1-2-5-8(4-1)9-6-3-7-10-9;1-2-8-6-4-3-5-7-8;/h7-10,12H,11H2,1-6H3;3-7H,1H2;1,3-7H,2H2;. The van der Waals surface area contributed by atoms with E-state index in [1.807, 2.05) is 11.3 Å². The van der Waals surface area contributed by atoms with Crippen LogP contribution in [0.4, 0.5) is 0 Å². The SMILES string of the molecule is CC(C)(C)c1ccc2c(c1)Cc1c-2ccc(C(C)(C)C)[c]1/[Zr](=[CH]\Cc1ccccc1)[C]1=CC(c2cccs2)=CC1. The van der Waals surface area contributed by atoms with Gasteiger partial charge in [-0.2, -0.15) is 0 Å². The summed E-state index contributed by atoms with van der Waals surface area (Å²) < 4.78 is 6.25. The van der Waals surface area contributed by atoms with Crippen LogP contribution in [0.1, 0.15) is 80.7 Å². The Bertz CT molecular complexity index is 1650. The van der Waals surface area contributed by atoms with Crippen molar-refractivity contribution in [2.24, 2.45) is 0 Å². The van der Waals surface area contributed by atoms with E-state index in [-0.39, 0.29) is 10.8 Å². The van der Waals surface area contributed by atoms with Crippen molar-refractivity contribution in [3.05, 3.63) is 126 Å². The van der Waals surface area contributed by atoms with E-state index in [1.165, 1.54) is 38.3 Å². The van der Waals surface area contributed by atoms with Gasteiger partial charge in [-0.25, -0.2) is 0 Å². The van der Waals surface area contributed by atoms with Gasteiger partial charge in [0, 0.05) is 0 Å². The fourth-order valence-corrected chi connectivity index (χ4v) is 14.7. The minimum absolute atomic E-state index is 0.102. The summed E-state index contributed by atoms with van der Waals surface area (Å²) >= 11 is -0.560. The third-order valence-corrected chi connectivity index (χ3v) is 16.1. The Balaban J connectivity index is 1.53. The molecule has 40 heavy (non-hydrogen) atoms. The Morgan fingerprint density at radius 1 is 0.825 bits per heavy atom. The molecular formula is C38H40SZr. The molecule has 202 valence electrons. The number of allylic oxidation sites excluding steroid dienone is 4. The molecule has 0 saturated carbocycles. The topological polar surface area (TPSA) is 0 Å². The first kappa shape index (κ1) is 27.7. The molecule has 0 N–H and O–H groups in total. The molecule has 0 bridgehead atoms. The van der Waals surface area contributed by atoms with Crippen LogP contribution in [0, 0.1) is 0 Å². The van der Waals surface area contributed by atoms with Gasteiger partial charge in [-0.05, 0) is 0 Å². The van der Waals surface area contributed by atoms with Crippen molar-refractivity contribution in [2.45, 2.75) is 71.6 Å². The predicted octanol–water partition coefficient (Wildman–Crippen LogP) is 9.57. The normalized spacial score (nSPS) is 15.1. The molecule has 0 unspecified atom stereocenters. The van der Waals surface area contributed by atoms with E-state index in [1.54, 1.807) is 17.7 Å². The van der Waals surface area contributed by atoms with E-state index >= 15 is 0 Å². The zero-order valence-electron chi connectivity index (χ0n) is 24.8. The van der Waals surface area contributed by atoms with Crippen molar-refractivity contribution >= 4 is 23.9 Å². The molecule has 6 rings (SSSR count). The Hall–Kier alpha value is -2.41. The van der Waals surface area contributed by atoms with Gasteiger partial charge in [0.25, 0.3) is 0 Å². The fraction of sp³-hybridized carbons (Fsp3) is 0.289. The molecule has 0 spiro atoms. The average Bonchev–Trinajstić information content (AvgIpc) is 3.67. The predicted molar refractivity (Wildman–Crippen MR) is 173 cm³/mol. The second kappa shape index (κ2) is 10.8. The van der Waals surface area contributed by atoms with Crippen molar-refractivity contribution in [3.63, 3.8) is 0 Å². The summed E-state index contributed by atoms with van der Waals surface area (Å²) in [6.07, 6.45) is 8.28. The van der Waals surface area contributed by atoms with Crippen molar-refractivity contribution < 1.29 is 21.3 Å². The molecule has 2 aliphatic rings. The van der Waals surface area contributed by atoms with Gasteiger partial charge in [0.2, 0.25) is 0 Å². The molecule has 0 saturated heterocycles. The van der Waals surface area contributed by atoms with E-state index in [4.69, 9.17) is 0 Å². The maximum atomic E-state index is 2.79. The number of fused-ring (bicyclic) bond motifs is 3. The summed E-state index contributed by atoms with van der Waals surface area (Å²) in [5, 5.41) is 2.20. The van der Waals surface area contributed by atoms with Crippen molar-refractivity contribution in [2.75, 3.05) is 0 Å². The van der Waals surface area contributed by atoms with Crippen LogP contribution in [-0.4, -0.2) is 3.71 Å². The van der Waals surface area contributed by atoms with Gasteiger partial charge in [0.05, 0.1) is 0 Å². The molecule has 0 aliphatic heterocycles. The summed E-state index contributed by atoms with van der Waals surface area (Å²) in [6, 6.07) is 27.7. The zero-order chi connectivity index (χ0) is 28.1. The molecule has 1 aromatic heterocycles. The Labute approximate surface area is 252 Å². The molecular weight excluding hydrogens is 580 g/mol. The summed E-state index contributed by atoms with van der Waals surface area (Å²) in [7, 11) is 0. The van der Waals surface area contributed by atoms with Crippen LogP contribution >= 0.6 is 11.3 Å². The van der Waals surface area contributed by atoms with E-state index in [0.717, 1.165) is 19.3 Å². The third-order valence-electron chi connectivity index (χ3n) is 8.43. The molecule has 3 aromatic carbocycles. The summed E-state index contributed by atoms with van der Waals surface area (Å²) in [5.41, 5.74) is 12.2. The molecule has 0 atom stereocenters. The fourth-order valence-electron chi connectivity index (χ4n) is 6.23. The van der Waals surface area contributed by atoms with Crippen LogP contribution in [-0.2, 0) is 44.9 Å². The van der Waals surface area contributed by atoms with Crippen LogP contribution in [0.3, 0.4) is 0 Å². The molecule has 4 aromatic rings. The number of hydrogen-bond acceptors (Lipinski definition) is 1. The van der Waals surface area contributed by atoms with Gasteiger partial charge in [0.15, 0.2) is 0 Å². The molecule has 0 nitrogen and oxygen atoms in total. The van der Waals surface area contributed by atoms with Crippen LogP contribution in [0.2, 0.25) is 0 Å². The Kier molecular flexibility index (Phi) is 7.47. The van der Waals surface area contributed by atoms with Crippen molar-refractivity contribution in [1.29, 1.82) is 0 Å². The molecule has 0 fully saturated rings. The van der Waals surface area contributed by atoms with Crippen LogP contribution in [0.15, 0.2) is 93.6 Å². The van der Waals surface area contributed by atoms with Gasteiger partial charge in [-0.3, -0.25) is 0 Å². The summed E-state index contributed by atoms with van der Waals surface area (Å²) in [4.78, 5) is 1.40. The third kappa shape index (κ3) is 5.43. The molecule has 1 heterocycles. The summed E-state index contributed by atoms with van der Waals surface area (Å²) in [6.45, 7) is 14.2. The first-order chi connectivity index (χ1) is 19.1. The number of rotatable bonds is 5. The molecule has 2 heteroatoms. The Morgan fingerprint density at radius 3 is 2.30 bits per heavy atom. The van der Waals surface area contributed by atoms with Gasteiger partial charge in [0.1, 0.15) is 0 Å². The number of benzene rings is 3. The quantitative estimate of drug-likeness (QED) is 0.184. The first-order valence-corrected chi connectivity index (χ1v) is 19.3. The van der Waals surface area contributed by atoms with Gasteiger partial charge in [-0.1, -0.05) is 0 Å². The van der Waals surface area contributed by atoms with Crippen LogP contribution < -0.4 is 3.27 Å². The number of hydrogen-bond donors (Lipinski definition) is 0. The van der Waals surface area contributed by atoms with Crippen LogP contribution in [0.25, 0.3) is 16.7 Å². The van der Waals surface area contributed by atoms with E-state index < -0.39 is 21.3 Å². The molecule has 0 amide bonds. The second-order valence-corrected chi connectivity index (χ2v) is 20.2. The van der Waals surface area contributed by atoms with Crippen LogP contribution in [0.5, 0.6) is 0 Å². The van der Waals surface area contributed by atoms with Gasteiger partial charge >= 0.3 is 254 Å². The van der Waals surface area contributed by atoms with E-state index in [9.17, 15) is 0 Å². The van der Waals surface area contributed by atoms with E-state index in [2.05, 4.69) is 136 Å². The summed E-state index contributed by atoms with van der Waals surface area (Å²) in [5.74, 6) is 0. The minimum atomic E-state index is -2.42. The van der Waals surface area contributed by atoms with Crippen molar-refractivity contribution in [1.82, 2.24) is 0 Å². The van der Waals surface area contributed by atoms with Crippen molar-refractivity contribution in [3.8, 4) is 11.1 Å². The van der Waals surface area contributed by atoms with Gasteiger partial charge in [-0.15, -0.1) is 0 Å². The Morgan fingerprint density at radius 2 is 1.60 bits per heavy atom. The first-order valence-electron chi connectivity index (χ1n) is 14.6. The zero-order valence-corrected chi connectivity index (χ0v) is 28.0. The van der Waals surface area contributed by atoms with E-state index in [0.29, 0.717) is 0 Å². The molecule has 0 radical (unpaired) electrons. The number of thiophene rings is 1.